The number of halogens is 6. The molecule has 0 atom stereocenters. The van der Waals surface area contributed by atoms with Crippen molar-refractivity contribution in [2.45, 2.75) is 49.1 Å². The van der Waals surface area contributed by atoms with E-state index >= 15 is 0 Å². The van der Waals surface area contributed by atoms with E-state index in [0.717, 1.165) is 3.57 Å². The predicted molar refractivity (Wildman–Crippen MR) is 120 cm³/mol. The van der Waals surface area contributed by atoms with Crippen LogP contribution >= 0.6 is 45.2 Å². The molecule has 8 nitrogen and oxygen atoms in total. The minimum atomic E-state index is -6.36. The molecule has 15 heteroatoms. The first-order chi connectivity index (χ1) is 15.1. The summed E-state index contributed by atoms with van der Waals surface area (Å²) in [5.74, 6) is -8.37. The van der Waals surface area contributed by atoms with Crippen molar-refractivity contribution in [3.63, 3.8) is 0 Å². The van der Waals surface area contributed by atoms with Gasteiger partial charge in [-0.05, 0) is 70.2 Å². The number of carbonyl (C=O) groups excluding carboxylic acids is 2. The van der Waals surface area contributed by atoms with Crippen LogP contribution in [0.5, 0.6) is 5.75 Å². The van der Waals surface area contributed by atoms with Crippen molar-refractivity contribution in [1.82, 2.24) is 0 Å². The standard InChI is InChI=1S/C18H16F4I2O8S/c19-17(20,18(21,22)33(27,28)29)5-6-30-14(25)9-1-3-16(4-2-9)31-13-11(15(26)32-16)7-10(23)8-12(13)24/h7-9H,1-6H2,(H,27,28,29). The Morgan fingerprint density at radius 3 is 2.36 bits per heavy atom. The van der Waals surface area contributed by atoms with Gasteiger partial charge in [0.2, 0.25) is 0 Å². The van der Waals surface area contributed by atoms with Crippen LogP contribution < -0.4 is 4.74 Å². The van der Waals surface area contributed by atoms with Gasteiger partial charge < -0.3 is 14.2 Å². The van der Waals surface area contributed by atoms with Crippen molar-refractivity contribution < 1.29 is 54.3 Å². The smallest absolute Gasteiger partial charge is 0.431 e. The Bertz CT molecular complexity index is 1070. The average molecular weight is 722 g/mol. The second-order valence-electron chi connectivity index (χ2n) is 7.55. The zero-order valence-corrected chi connectivity index (χ0v) is 21.6. The fourth-order valence-electron chi connectivity index (χ4n) is 3.48. The number of rotatable bonds is 6. The normalized spacial score (nSPS) is 23.5. The average Bonchev–Trinajstić information content (AvgIpc) is 2.68. The summed E-state index contributed by atoms with van der Waals surface area (Å²) >= 11 is 4.08. The van der Waals surface area contributed by atoms with Crippen LogP contribution in [0.1, 0.15) is 42.5 Å². The number of hydrogen-bond acceptors (Lipinski definition) is 7. The van der Waals surface area contributed by atoms with Crippen LogP contribution in [-0.2, 0) is 24.4 Å². The van der Waals surface area contributed by atoms with Gasteiger partial charge in [-0.1, -0.05) is 0 Å². The Morgan fingerprint density at radius 1 is 1.18 bits per heavy atom. The Hall–Kier alpha value is -0.950. The summed E-state index contributed by atoms with van der Waals surface area (Å²) in [5.41, 5.74) is 0.279. The van der Waals surface area contributed by atoms with E-state index in [0.29, 0.717) is 9.32 Å². The van der Waals surface area contributed by atoms with Gasteiger partial charge in [0.25, 0.3) is 5.79 Å². The number of ether oxygens (including phenoxy) is 3. The lowest BCUT2D eigenvalue weighted by atomic mass is 9.84. The molecule has 1 saturated carbocycles. The molecule has 1 fully saturated rings. The lowest BCUT2D eigenvalue weighted by molar-refractivity contribution is -0.187. The van der Waals surface area contributed by atoms with Gasteiger partial charge in [0.05, 0.1) is 22.5 Å². The number of alkyl halides is 4. The van der Waals surface area contributed by atoms with Crippen LogP contribution in [0.2, 0.25) is 0 Å². The molecular formula is C18H16F4I2O8S. The van der Waals surface area contributed by atoms with Gasteiger partial charge in [0.1, 0.15) is 5.56 Å². The Kier molecular flexibility index (Phi) is 7.47. The molecule has 1 aliphatic carbocycles. The zero-order valence-electron chi connectivity index (χ0n) is 16.5. The Labute approximate surface area is 212 Å². The monoisotopic (exact) mass is 722 g/mol. The van der Waals surface area contributed by atoms with Gasteiger partial charge in [-0.3, -0.25) is 9.35 Å². The predicted octanol–water partition coefficient (Wildman–Crippen LogP) is 4.38. The lowest BCUT2D eigenvalue weighted by Gasteiger charge is -2.41. The van der Waals surface area contributed by atoms with Gasteiger partial charge >= 0.3 is 33.2 Å². The molecule has 0 amide bonds. The van der Waals surface area contributed by atoms with Crippen molar-refractivity contribution in [3.8, 4) is 5.75 Å². The largest absolute Gasteiger partial charge is 0.465 e. The fraction of sp³-hybridized carbons (Fsp3) is 0.556. The number of hydrogen-bond donors (Lipinski definition) is 1. The first kappa shape index (κ1) is 26.7. The minimum absolute atomic E-state index is 0.108. The fourth-order valence-corrected chi connectivity index (χ4v) is 5.91. The van der Waals surface area contributed by atoms with Gasteiger partial charge in [-0.15, -0.1) is 0 Å². The van der Waals surface area contributed by atoms with Crippen molar-refractivity contribution in [2.75, 3.05) is 6.61 Å². The first-order valence-electron chi connectivity index (χ1n) is 9.39. The van der Waals surface area contributed by atoms with E-state index in [1.807, 2.05) is 28.7 Å². The van der Waals surface area contributed by atoms with E-state index in [1.165, 1.54) is 0 Å². The summed E-state index contributed by atoms with van der Waals surface area (Å²) in [4.78, 5) is 24.7. The van der Waals surface area contributed by atoms with Crippen LogP contribution in [-0.4, -0.2) is 48.5 Å². The highest BCUT2D eigenvalue weighted by Gasteiger charge is 2.65. The highest BCUT2D eigenvalue weighted by atomic mass is 127. The van der Waals surface area contributed by atoms with Gasteiger partial charge in [-0.2, -0.15) is 26.0 Å². The molecule has 0 saturated heterocycles. The molecule has 1 aromatic carbocycles. The number of esters is 2. The SMILES string of the molecule is O=C1OC2(CCC(C(=O)OCCC(F)(F)C(F)(F)S(=O)(=O)O)CC2)Oc2c(I)cc(I)cc21. The second-order valence-corrected chi connectivity index (χ2v) is 11.4. The van der Waals surface area contributed by atoms with E-state index in [-0.39, 0.29) is 31.2 Å². The van der Waals surface area contributed by atoms with Crippen molar-refractivity contribution in [3.05, 3.63) is 24.8 Å². The highest BCUT2D eigenvalue weighted by Crippen LogP contribution is 2.44. The molecule has 1 aromatic rings. The molecule has 184 valence electrons. The van der Waals surface area contributed by atoms with Crippen LogP contribution in [0.3, 0.4) is 0 Å². The van der Waals surface area contributed by atoms with Gasteiger partial charge in [0, 0.05) is 16.4 Å². The van der Waals surface area contributed by atoms with E-state index in [9.17, 15) is 35.6 Å². The van der Waals surface area contributed by atoms with Crippen LogP contribution in [0.25, 0.3) is 0 Å². The quantitative estimate of drug-likeness (QED) is 0.199. The molecule has 1 spiro atoms. The number of benzene rings is 1. The minimum Gasteiger partial charge on any atom is -0.465 e. The second kappa shape index (κ2) is 9.25. The summed E-state index contributed by atoms with van der Waals surface area (Å²) < 4.78 is 100. The van der Waals surface area contributed by atoms with Crippen molar-refractivity contribution >= 4 is 67.2 Å². The first-order valence-corrected chi connectivity index (χ1v) is 13.0. The van der Waals surface area contributed by atoms with Gasteiger partial charge in [-0.25, -0.2) is 4.79 Å². The maximum Gasteiger partial charge on any atom is 0.431 e. The molecule has 1 N–H and O–H groups in total. The van der Waals surface area contributed by atoms with Crippen molar-refractivity contribution in [2.24, 2.45) is 5.92 Å². The van der Waals surface area contributed by atoms with Crippen LogP contribution in [0.4, 0.5) is 17.6 Å². The zero-order chi connectivity index (χ0) is 24.8. The third kappa shape index (κ3) is 5.34. The number of fused-ring (bicyclic) bond motifs is 1. The van der Waals surface area contributed by atoms with Gasteiger partial charge in [0.15, 0.2) is 5.75 Å². The Morgan fingerprint density at radius 2 is 1.79 bits per heavy atom. The lowest BCUT2D eigenvalue weighted by Crippen LogP contribution is -2.48. The Balaban J connectivity index is 1.57. The third-order valence-corrected chi connectivity index (χ3v) is 7.66. The molecule has 2 aliphatic rings. The van der Waals surface area contributed by atoms with E-state index < -0.39 is 58.0 Å². The topological polar surface area (TPSA) is 116 Å². The van der Waals surface area contributed by atoms with E-state index in [1.54, 1.807) is 6.07 Å². The molecule has 3 rings (SSSR count). The van der Waals surface area contributed by atoms with Crippen LogP contribution in [0, 0.1) is 13.1 Å². The highest BCUT2D eigenvalue weighted by molar-refractivity contribution is 14.1. The maximum absolute atomic E-state index is 13.5. The summed E-state index contributed by atoms with van der Waals surface area (Å²) in [6, 6.07) is 3.44. The molecule has 0 aromatic heterocycles. The molecule has 1 heterocycles. The molecular weight excluding hydrogens is 706 g/mol. The van der Waals surface area contributed by atoms with Crippen molar-refractivity contribution in [1.29, 1.82) is 0 Å². The summed E-state index contributed by atoms with van der Waals surface area (Å²) in [7, 11) is -6.36. The summed E-state index contributed by atoms with van der Waals surface area (Å²) in [5, 5.41) is -5.72. The maximum atomic E-state index is 13.5. The molecule has 0 unspecified atom stereocenters. The van der Waals surface area contributed by atoms with E-state index in [4.69, 9.17) is 14.0 Å². The van der Waals surface area contributed by atoms with Crippen LogP contribution in [0.15, 0.2) is 12.1 Å². The third-order valence-electron chi connectivity index (χ3n) is 5.29. The van der Waals surface area contributed by atoms with E-state index in [2.05, 4.69) is 27.3 Å². The molecule has 0 radical (unpaired) electrons. The molecule has 1 aliphatic heterocycles. The number of carbonyl (C=O) groups is 2. The molecule has 33 heavy (non-hydrogen) atoms. The summed E-state index contributed by atoms with van der Waals surface area (Å²) in [6.07, 6.45) is -1.37. The summed E-state index contributed by atoms with van der Waals surface area (Å²) in [6.45, 7) is -1.19. The molecule has 0 bridgehead atoms.